The van der Waals surface area contributed by atoms with Gasteiger partial charge in [0.2, 0.25) is 5.91 Å². The van der Waals surface area contributed by atoms with Crippen molar-refractivity contribution in [3.8, 4) is 23.0 Å². The van der Waals surface area contributed by atoms with Crippen LogP contribution in [0, 0.1) is 0 Å². The van der Waals surface area contributed by atoms with Crippen molar-refractivity contribution in [2.75, 3.05) is 48.1 Å². The monoisotopic (exact) mass is 549 g/mol. The van der Waals surface area contributed by atoms with E-state index < -0.39 is 5.97 Å². The van der Waals surface area contributed by atoms with E-state index in [-0.39, 0.29) is 25.1 Å². The molecule has 1 aliphatic rings. The molecule has 40 heavy (non-hydrogen) atoms. The second-order valence-electron chi connectivity index (χ2n) is 9.25. The Balaban J connectivity index is 1.66. The summed E-state index contributed by atoms with van der Waals surface area (Å²) >= 11 is 0. The third-order valence-electron chi connectivity index (χ3n) is 6.91. The summed E-state index contributed by atoms with van der Waals surface area (Å²) in [4.78, 5) is 31.3. The lowest BCUT2D eigenvalue weighted by atomic mass is 9.87. The molecular weight excluding hydrogens is 514 g/mol. The van der Waals surface area contributed by atoms with Gasteiger partial charge in [0, 0.05) is 29.9 Å². The number of carbonyl (C=O) groups is 2. The number of hydrogen-bond acceptors (Lipinski definition) is 9. The second kappa shape index (κ2) is 13.7. The average molecular weight is 550 g/mol. The van der Waals surface area contributed by atoms with Crippen molar-refractivity contribution in [3.63, 3.8) is 0 Å². The highest BCUT2D eigenvalue weighted by atomic mass is 16.6. The van der Waals surface area contributed by atoms with Crippen LogP contribution in [0.2, 0.25) is 0 Å². The zero-order chi connectivity index (χ0) is 28.5. The largest absolute Gasteiger partial charge is 0.496 e. The average Bonchev–Trinajstić information content (AvgIpc) is 2.99. The molecule has 4 rings (SSSR count). The summed E-state index contributed by atoms with van der Waals surface area (Å²) in [6.45, 7) is 0.929. The lowest BCUT2D eigenvalue weighted by Crippen LogP contribution is -2.43. The molecule has 3 aromatic rings. The Morgan fingerprint density at radius 1 is 0.950 bits per heavy atom. The number of amides is 1. The maximum Gasteiger partial charge on any atom is 0.343 e. The van der Waals surface area contributed by atoms with Crippen molar-refractivity contribution in [1.82, 2.24) is 15.2 Å². The van der Waals surface area contributed by atoms with Crippen LogP contribution in [-0.2, 0) is 33.7 Å². The van der Waals surface area contributed by atoms with Crippen molar-refractivity contribution < 1.29 is 33.3 Å². The third-order valence-corrected chi connectivity index (χ3v) is 6.91. The summed E-state index contributed by atoms with van der Waals surface area (Å²) in [5.41, 5.74) is 3.65. The molecule has 0 saturated heterocycles. The van der Waals surface area contributed by atoms with Gasteiger partial charge in [-0.2, -0.15) is 0 Å². The van der Waals surface area contributed by atoms with E-state index in [0.29, 0.717) is 48.9 Å². The maximum atomic E-state index is 13.1. The van der Waals surface area contributed by atoms with Crippen molar-refractivity contribution >= 4 is 11.9 Å². The van der Waals surface area contributed by atoms with Crippen LogP contribution < -0.4 is 24.3 Å². The van der Waals surface area contributed by atoms with Crippen LogP contribution in [0.5, 0.6) is 23.0 Å². The summed E-state index contributed by atoms with van der Waals surface area (Å²) < 4.78 is 27.3. The van der Waals surface area contributed by atoms with E-state index in [1.54, 1.807) is 27.5 Å². The van der Waals surface area contributed by atoms with Crippen molar-refractivity contribution in [1.29, 1.82) is 0 Å². The minimum absolute atomic E-state index is 0.108. The molecule has 10 nitrogen and oxygen atoms in total. The van der Waals surface area contributed by atoms with Crippen molar-refractivity contribution in [2.24, 2.45) is 0 Å². The summed E-state index contributed by atoms with van der Waals surface area (Å²) in [5.74, 6) is 1.97. The first-order valence-corrected chi connectivity index (χ1v) is 13.0. The van der Waals surface area contributed by atoms with Gasteiger partial charge >= 0.3 is 5.97 Å². The minimum Gasteiger partial charge on any atom is -0.496 e. The summed E-state index contributed by atoms with van der Waals surface area (Å²) in [7, 11) is 6.15. The van der Waals surface area contributed by atoms with Gasteiger partial charge in [-0.05, 0) is 54.8 Å². The van der Waals surface area contributed by atoms with Gasteiger partial charge in [-0.15, -0.1) is 0 Å². The Bertz CT molecular complexity index is 1320. The van der Waals surface area contributed by atoms with E-state index in [4.69, 9.17) is 23.7 Å². The number of hydrogen-bond donors (Lipinski definition) is 1. The zero-order valence-electron chi connectivity index (χ0n) is 23.3. The molecule has 1 aliphatic heterocycles. The molecule has 212 valence electrons. The number of nitrogens with one attached hydrogen (secondary N) is 1. The predicted octanol–water partition coefficient (Wildman–Crippen LogP) is 3.12. The first-order chi connectivity index (χ1) is 19.5. The molecule has 1 unspecified atom stereocenters. The molecule has 1 atom stereocenters. The van der Waals surface area contributed by atoms with E-state index in [1.165, 1.54) is 7.11 Å². The normalized spacial score (nSPS) is 14.6. The molecule has 10 heteroatoms. The fourth-order valence-electron chi connectivity index (χ4n) is 4.93. The highest BCUT2D eigenvalue weighted by Crippen LogP contribution is 2.43. The molecular formula is C30H35N3O7. The van der Waals surface area contributed by atoms with Crippen LogP contribution >= 0.6 is 0 Å². The van der Waals surface area contributed by atoms with Crippen molar-refractivity contribution in [3.05, 3.63) is 77.1 Å². The molecule has 1 N–H and O–H groups in total. The van der Waals surface area contributed by atoms with Crippen LogP contribution in [0.1, 0.15) is 28.4 Å². The molecule has 0 bridgehead atoms. The lowest BCUT2D eigenvalue weighted by Gasteiger charge is -2.38. The van der Waals surface area contributed by atoms with Gasteiger partial charge < -0.3 is 29.0 Å². The highest BCUT2D eigenvalue weighted by Gasteiger charge is 2.34. The van der Waals surface area contributed by atoms with Gasteiger partial charge in [0.15, 0.2) is 18.1 Å². The molecule has 2 heterocycles. The number of pyridine rings is 1. The van der Waals surface area contributed by atoms with Gasteiger partial charge in [-0.3, -0.25) is 14.7 Å². The zero-order valence-corrected chi connectivity index (χ0v) is 23.3. The molecule has 2 aromatic carbocycles. The van der Waals surface area contributed by atoms with Gasteiger partial charge in [0.25, 0.3) is 0 Å². The fourth-order valence-corrected chi connectivity index (χ4v) is 4.93. The number of rotatable bonds is 12. The standard InChI is InChI=1S/C30H35N3O7/c1-36-25-9-8-20(16-27(25)38-3)15-23-30-22(24(10-11-26(30)37-2)40-19-29(35)39-4)12-14-33(23)18-28(34)32-17-21-7-5-6-13-31-21/h5-11,13,16,23H,12,14-15,17-19H2,1-4H3,(H,32,34). The quantitative estimate of drug-likeness (QED) is 0.341. The third kappa shape index (κ3) is 6.81. The predicted molar refractivity (Wildman–Crippen MR) is 148 cm³/mol. The SMILES string of the molecule is COC(=O)COc1ccc(OC)c2c1CCN(CC(=O)NCc1ccccn1)C2Cc1ccc(OC)c(OC)c1. The number of ether oxygens (including phenoxy) is 5. The van der Waals surface area contributed by atoms with Gasteiger partial charge in [-0.1, -0.05) is 12.1 Å². The first-order valence-electron chi connectivity index (χ1n) is 13.0. The molecule has 0 saturated carbocycles. The van der Waals surface area contributed by atoms with E-state index in [0.717, 1.165) is 22.4 Å². The summed E-state index contributed by atoms with van der Waals surface area (Å²) in [6.07, 6.45) is 2.88. The number of aromatic nitrogens is 1. The van der Waals surface area contributed by atoms with Gasteiger partial charge in [0.05, 0.1) is 47.2 Å². The minimum atomic E-state index is -0.464. The topological polar surface area (TPSA) is 108 Å². The molecule has 0 radical (unpaired) electrons. The number of nitrogens with zero attached hydrogens (tertiary/aromatic N) is 2. The van der Waals surface area contributed by atoms with Gasteiger partial charge in [-0.25, -0.2) is 4.79 Å². The highest BCUT2D eigenvalue weighted by molar-refractivity contribution is 5.78. The Hall–Kier alpha value is -4.31. The Labute approximate surface area is 234 Å². The fraction of sp³-hybridized carbons (Fsp3) is 0.367. The first kappa shape index (κ1) is 28.7. The molecule has 0 aliphatic carbocycles. The lowest BCUT2D eigenvalue weighted by molar-refractivity contribution is -0.143. The molecule has 1 amide bonds. The van der Waals surface area contributed by atoms with E-state index in [1.807, 2.05) is 48.5 Å². The van der Waals surface area contributed by atoms with Gasteiger partial charge in [0.1, 0.15) is 11.5 Å². The second-order valence-corrected chi connectivity index (χ2v) is 9.25. The Morgan fingerprint density at radius 3 is 2.40 bits per heavy atom. The number of esters is 1. The number of methoxy groups -OCH3 is 4. The van der Waals surface area contributed by atoms with E-state index in [2.05, 4.69) is 15.2 Å². The molecule has 0 fully saturated rings. The Morgan fingerprint density at radius 2 is 1.70 bits per heavy atom. The van der Waals surface area contributed by atoms with Crippen LogP contribution in [-0.4, -0.2) is 69.9 Å². The van der Waals surface area contributed by atoms with Crippen LogP contribution in [0.4, 0.5) is 0 Å². The smallest absolute Gasteiger partial charge is 0.343 e. The van der Waals surface area contributed by atoms with Crippen LogP contribution in [0.3, 0.4) is 0 Å². The molecule has 1 aromatic heterocycles. The van der Waals surface area contributed by atoms with Crippen LogP contribution in [0.15, 0.2) is 54.7 Å². The molecule has 0 spiro atoms. The van der Waals surface area contributed by atoms with Crippen molar-refractivity contribution in [2.45, 2.75) is 25.4 Å². The number of fused-ring (bicyclic) bond motifs is 1. The maximum absolute atomic E-state index is 13.1. The van der Waals surface area contributed by atoms with E-state index in [9.17, 15) is 9.59 Å². The summed E-state index contributed by atoms with van der Waals surface area (Å²) in [5, 5.41) is 2.98. The van der Waals surface area contributed by atoms with E-state index >= 15 is 0 Å². The Kier molecular flexibility index (Phi) is 9.80. The van der Waals surface area contributed by atoms with Crippen LogP contribution in [0.25, 0.3) is 0 Å². The number of benzene rings is 2. The summed E-state index contributed by atoms with van der Waals surface area (Å²) in [6, 6.07) is 14.8. The number of carbonyl (C=O) groups excluding carboxylic acids is 2.